The van der Waals surface area contributed by atoms with E-state index >= 15 is 0 Å². The summed E-state index contributed by atoms with van der Waals surface area (Å²) in [6.07, 6.45) is -1.12. The number of benzene rings is 1. The Bertz CT molecular complexity index is 935. The summed E-state index contributed by atoms with van der Waals surface area (Å²) in [4.78, 5) is 24.8. The topological polar surface area (TPSA) is 76.7 Å². The Morgan fingerprint density at radius 2 is 1.39 bits per heavy atom. The number of carbonyl (C=O) groups is 2. The van der Waals surface area contributed by atoms with Crippen LogP contribution >= 0.6 is 34.8 Å². The molecule has 0 bridgehead atoms. The Morgan fingerprint density at radius 3 is 1.82 bits per heavy atom. The number of rotatable bonds is 4. The van der Waals surface area contributed by atoms with Gasteiger partial charge in [-0.1, -0.05) is 55.6 Å². The van der Waals surface area contributed by atoms with Crippen molar-refractivity contribution in [3.05, 3.63) is 27.8 Å². The minimum Gasteiger partial charge on any atom is -0.445 e. The molecule has 1 fully saturated rings. The molecule has 2 unspecified atom stereocenters. The first kappa shape index (κ1) is 27.9. The molecule has 2 rings (SSSR count). The molecule has 9 heteroatoms. The van der Waals surface area contributed by atoms with Gasteiger partial charge in [0.05, 0.1) is 5.69 Å². The molecule has 33 heavy (non-hydrogen) atoms. The zero-order valence-corrected chi connectivity index (χ0v) is 23.3. The van der Waals surface area contributed by atoms with Crippen LogP contribution in [-0.2, 0) is 14.9 Å². The summed E-state index contributed by atoms with van der Waals surface area (Å²) in [6, 6.07) is -0.107. The number of amides is 2. The third kappa shape index (κ3) is 5.66. The molecule has 186 valence electrons. The lowest BCUT2D eigenvalue weighted by Gasteiger charge is -2.27. The van der Waals surface area contributed by atoms with Crippen molar-refractivity contribution in [3.8, 4) is 0 Å². The number of carbonyl (C=O) groups excluding carboxylic acids is 2. The van der Waals surface area contributed by atoms with Crippen LogP contribution in [0, 0.1) is 33.1 Å². The highest BCUT2D eigenvalue weighted by Gasteiger charge is 2.70. The quantitative estimate of drug-likeness (QED) is 0.417. The number of alkyl halides is 3. The molecule has 1 aliphatic carbocycles. The van der Waals surface area contributed by atoms with Gasteiger partial charge in [-0.25, -0.2) is 9.59 Å². The second kappa shape index (κ2) is 9.01. The lowest BCUT2D eigenvalue weighted by Crippen LogP contribution is -2.36. The molecular formula is C24H35Cl3N2O4. The van der Waals surface area contributed by atoms with Gasteiger partial charge < -0.3 is 14.8 Å². The summed E-state index contributed by atoms with van der Waals surface area (Å²) in [6.45, 7) is 19.6. The monoisotopic (exact) mass is 520 g/mol. The maximum absolute atomic E-state index is 12.5. The van der Waals surface area contributed by atoms with E-state index in [2.05, 4.69) is 31.4 Å². The fourth-order valence-corrected chi connectivity index (χ4v) is 4.92. The number of hydrogen-bond acceptors (Lipinski definition) is 4. The summed E-state index contributed by atoms with van der Waals surface area (Å²) in [5, 5.41) is 5.87. The zero-order valence-electron chi connectivity index (χ0n) is 21.1. The van der Waals surface area contributed by atoms with Crippen molar-refractivity contribution in [1.82, 2.24) is 5.32 Å². The fraction of sp³-hybridized carbons (Fsp3) is 0.667. The molecule has 0 radical (unpaired) electrons. The number of anilines is 1. The summed E-state index contributed by atoms with van der Waals surface area (Å²) < 4.78 is 8.84. The molecule has 1 saturated carbocycles. The first-order valence-corrected chi connectivity index (χ1v) is 12.0. The van der Waals surface area contributed by atoms with E-state index in [0.717, 1.165) is 27.8 Å². The molecule has 0 aromatic heterocycles. The van der Waals surface area contributed by atoms with Crippen LogP contribution in [0.4, 0.5) is 15.3 Å². The largest absolute Gasteiger partial charge is 0.445 e. The number of alkyl carbamates (subject to hydrolysis) is 1. The normalized spacial score (nSPS) is 21.9. The molecule has 6 nitrogen and oxygen atoms in total. The number of ether oxygens (including phenoxy) is 2. The van der Waals surface area contributed by atoms with E-state index in [4.69, 9.17) is 44.3 Å². The molecule has 0 aliphatic heterocycles. The summed E-state index contributed by atoms with van der Waals surface area (Å²) in [5.41, 5.74) is 4.65. The van der Waals surface area contributed by atoms with Crippen LogP contribution in [0.5, 0.6) is 0 Å². The van der Waals surface area contributed by atoms with Gasteiger partial charge in [-0.05, 0) is 81.7 Å². The van der Waals surface area contributed by atoms with Crippen LogP contribution < -0.4 is 10.6 Å². The predicted molar refractivity (Wildman–Crippen MR) is 135 cm³/mol. The van der Waals surface area contributed by atoms with Gasteiger partial charge in [0.25, 0.3) is 0 Å². The predicted octanol–water partition coefficient (Wildman–Crippen LogP) is 7.03. The number of nitrogens with one attached hydrogen (secondary N) is 2. The van der Waals surface area contributed by atoms with E-state index in [-0.39, 0.29) is 23.5 Å². The van der Waals surface area contributed by atoms with Gasteiger partial charge in [0.1, 0.15) is 12.2 Å². The fourth-order valence-electron chi connectivity index (χ4n) is 4.76. The molecule has 1 aliphatic rings. The van der Waals surface area contributed by atoms with Crippen LogP contribution in [0.1, 0.15) is 69.4 Å². The van der Waals surface area contributed by atoms with E-state index in [1.165, 1.54) is 0 Å². The van der Waals surface area contributed by atoms with E-state index in [9.17, 15) is 9.59 Å². The van der Waals surface area contributed by atoms with E-state index in [0.29, 0.717) is 5.69 Å². The van der Waals surface area contributed by atoms with Crippen molar-refractivity contribution in [1.29, 1.82) is 0 Å². The van der Waals surface area contributed by atoms with Crippen molar-refractivity contribution >= 4 is 52.7 Å². The minimum atomic E-state index is -1.68. The van der Waals surface area contributed by atoms with Gasteiger partial charge in [0.2, 0.25) is 3.79 Å². The Morgan fingerprint density at radius 1 is 0.909 bits per heavy atom. The molecule has 2 N–H and O–H groups in total. The molecule has 0 spiro atoms. The second-order valence-corrected chi connectivity index (χ2v) is 13.1. The Hall–Kier alpha value is -1.37. The summed E-state index contributed by atoms with van der Waals surface area (Å²) in [7, 11) is 0. The van der Waals surface area contributed by atoms with E-state index in [1.54, 1.807) is 0 Å². The number of hydrogen-bond donors (Lipinski definition) is 2. The van der Waals surface area contributed by atoms with Crippen LogP contribution in [0.2, 0.25) is 0 Å². The SMILES string of the molecule is Cc1c(C)c(C2(C)C(NC(=O)OC(C)(C)C)C2(C)C)c(C)c(C)c1NC(=O)OCC(Cl)(Cl)Cl. The van der Waals surface area contributed by atoms with Crippen LogP contribution in [0.3, 0.4) is 0 Å². The molecular weight excluding hydrogens is 487 g/mol. The lowest BCUT2D eigenvalue weighted by atomic mass is 9.80. The average Bonchev–Trinajstić information content (AvgIpc) is 3.05. The van der Waals surface area contributed by atoms with E-state index < -0.39 is 21.6 Å². The Balaban J connectivity index is 2.38. The van der Waals surface area contributed by atoms with Gasteiger partial charge >= 0.3 is 12.2 Å². The van der Waals surface area contributed by atoms with E-state index in [1.807, 2.05) is 48.5 Å². The highest BCUT2D eigenvalue weighted by atomic mass is 35.6. The zero-order chi connectivity index (χ0) is 25.7. The first-order valence-electron chi connectivity index (χ1n) is 10.8. The third-order valence-electron chi connectivity index (χ3n) is 6.95. The van der Waals surface area contributed by atoms with Crippen molar-refractivity contribution in [2.45, 2.75) is 90.1 Å². The smallest absolute Gasteiger partial charge is 0.411 e. The first-order chi connectivity index (χ1) is 14.7. The molecule has 1 aromatic carbocycles. The highest BCUT2D eigenvalue weighted by molar-refractivity contribution is 6.67. The molecule has 1 aromatic rings. The van der Waals surface area contributed by atoms with Crippen molar-refractivity contribution in [2.75, 3.05) is 11.9 Å². The second-order valence-electron chi connectivity index (χ2n) is 10.6. The van der Waals surface area contributed by atoms with Gasteiger partial charge in [-0.2, -0.15) is 0 Å². The summed E-state index contributed by atoms with van der Waals surface area (Å²) in [5.74, 6) is 0. The van der Waals surface area contributed by atoms with Crippen LogP contribution in [0.25, 0.3) is 0 Å². The van der Waals surface area contributed by atoms with Crippen molar-refractivity contribution in [2.24, 2.45) is 5.41 Å². The van der Waals surface area contributed by atoms with Gasteiger partial charge in [0, 0.05) is 11.5 Å². The molecule has 0 heterocycles. The third-order valence-corrected chi connectivity index (χ3v) is 7.28. The van der Waals surface area contributed by atoms with Gasteiger partial charge in [-0.15, -0.1) is 0 Å². The highest BCUT2D eigenvalue weighted by Crippen LogP contribution is 2.65. The Labute approximate surface area is 212 Å². The van der Waals surface area contributed by atoms with Crippen LogP contribution in [0.15, 0.2) is 0 Å². The molecule has 2 amide bonds. The average molecular weight is 522 g/mol. The van der Waals surface area contributed by atoms with Crippen LogP contribution in [-0.4, -0.2) is 34.2 Å². The summed E-state index contributed by atoms with van der Waals surface area (Å²) >= 11 is 17.0. The standard InChI is InChI=1S/C24H35Cl3N2O4/c1-12-14(3)17(28-19(30)32-11-24(25,26)27)15(4)13(2)16(12)23(10)18(22(23,8)9)29-20(31)33-21(5,6)7/h18H,11H2,1-10H3,(H,28,30)(H,29,31). The number of halogens is 3. The van der Waals surface area contributed by atoms with Gasteiger partial charge in [-0.3, -0.25) is 5.32 Å². The Kier molecular flexibility index (Phi) is 7.61. The lowest BCUT2D eigenvalue weighted by molar-refractivity contribution is 0.0515. The van der Waals surface area contributed by atoms with Crippen molar-refractivity contribution in [3.63, 3.8) is 0 Å². The molecule has 2 atom stereocenters. The van der Waals surface area contributed by atoms with Crippen molar-refractivity contribution < 1.29 is 19.1 Å². The maximum atomic E-state index is 12.5. The minimum absolute atomic E-state index is 0.107. The maximum Gasteiger partial charge on any atom is 0.411 e. The molecule has 0 saturated heterocycles. The van der Waals surface area contributed by atoms with Gasteiger partial charge in [0.15, 0.2) is 0 Å².